The molecule has 1 unspecified atom stereocenters. The van der Waals surface area contributed by atoms with Crippen molar-refractivity contribution < 1.29 is 32.0 Å². The fourth-order valence-electron chi connectivity index (χ4n) is 2.53. The molecule has 2 N–H and O–H groups in total. The van der Waals surface area contributed by atoms with Crippen LogP contribution in [0.1, 0.15) is 11.1 Å². The Hall–Kier alpha value is -2.32. The van der Waals surface area contributed by atoms with E-state index >= 15 is 0 Å². The normalized spacial score (nSPS) is 12.6. The van der Waals surface area contributed by atoms with Crippen LogP contribution in [0.2, 0.25) is 5.02 Å². The van der Waals surface area contributed by atoms with Gasteiger partial charge in [0.25, 0.3) is 5.91 Å². The molecule has 0 fully saturated rings. The second-order valence-electron chi connectivity index (χ2n) is 6.02. The van der Waals surface area contributed by atoms with Gasteiger partial charge in [0, 0.05) is 11.3 Å². The topological polar surface area (TPSA) is 42.8 Å². The van der Waals surface area contributed by atoms with Gasteiger partial charge in [-0.1, -0.05) is 11.6 Å². The number of benzene rings is 2. The molecule has 0 aliphatic heterocycles. The number of likely N-dealkylation sites (N-methyl/N-ethyl adjacent to an activating group) is 1. The molecule has 146 valence electrons. The minimum atomic E-state index is -4.61. The number of anilines is 1. The monoisotopic (exact) mass is 405 g/mol. The summed E-state index contributed by atoms with van der Waals surface area (Å²) < 4.78 is 57.1. The van der Waals surface area contributed by atoms with Crippen molar-refractivity contribution in [2.24, 2.45) is 0 Å². The van der Waals surface area contributed by atoms with Gasteiger partial charge >= 0.3 is 6.18 Å². The standard InChI is InChI=1S/C18H17ClF4N2O2/c1-25(9-11-3-6-16(27-2)15(20)7-11)10-17(26)24-12-4-5-14(19)13(8-12)18(21,22)23/h3-8H,9-10H2,1-2H3,(H,24,26)/p+1. The van der Waals surface area contributed by atoms with Crippen molar-refractivity contribution in [3.05, 3.63) is 58.4 Å². The number of amides is 1. The minimum Gasteiger partial charge on any atom is -0.494 e. The molecule has 2 rings (SSSR count). The number of carbonyl (C=O) groups is 1. The summed E-state index contributed by atoms with van der Waals surface area (Å²) in [6.07, 6.45) is -4.61. The first-order valence-corrected chi connectivity index (χ1v) is 8.28. The molecule has 9 heteroatoms. The Morgan fingerprint density at radius 2 is 1.93 bits per heavy atom. The van der Waals surface area contributed by atoms with Crippen LogP contribution in [-0.2, 0) is 17.5 Å². The molecule has 1 amide bonds. The van der Waals surface area contributed by atoms with Gasteiger partial charge in [-0.25, -0.2) is 4.39 Å². The molecule has 0 aliphatic rings. The lowest BCUT2D eigenvalue weighted by Gasteiger charge is -2.15. The fourth-order valence-corrected chi connectivity index (χ4v) is 2.76. The van der Waals surface area contributed by atoms with Gasteiger partial charge in [-0.3, -0.25) is 4.79 Å². The first kappa shape index (κ1) is 21.0. The lowest BCUT2D eigenvalue weighted by Crippen LogP contribution is -3.08. The van der Waals surface area contributed by atoms with Gasteiger partial charge < -0.3 is 15.0 Å². The zero-order chi connectivity index (χ0) is 20.2. The molecule has 0 aromatic heterocycles. The van der Waals surface area contributed by atoms with Gasteiger partial charge in [-0.05, 0) is 36.4 Å². The summed E-state index contributed by atoms with van der Waals surface area (Å²) in [7, 11) is 3.07. The van der Waals surface area contributed by atoms with E-state index in [9.17, 15) is 22.4 Å². The number of methoxy groups -OCH3 is 1. The van der Waals surface area contributed by atoms with Crippen molar-refractivity contribution >= 4 is 23.2 Å². The molecular weight excluding hydrogens is 388 g/mol. The van der Waals surface area contributed by atoms with Crippen LogP contribution in [0.15, 0.2) is 36.4 Å². The number of hydrogen-bond donors (Lipinski definition) is 2. The number of nitrogens with one attached hydrogen (secondary N) is 2. The van der Waals surface area contributed by atoms with E-state index in [2.05, 4.69) is 5.32 Å². The van der Waals surface area contributed by atoms with Gasteiger partial charge in [-0.15, -0.1) is 0 Å². The lowest BCUT2D eigenvalue weighted by molar-refractivity contribution is -0.885. The highest BCUT2D eigenvalue weighted by Gasteiger charge is 2.33. The maximum absolute atomic E-state index is 13.7. The second kappa shape index (κ2) is 8.58. The molecule has 1 atom stereocenters. The smallest absolute Gasteiger partial charge is 0.417 e. The van der Waals surface area contributed by atoms with Crippen LogP contribution in [0.4, 0.5) is 23.2 Å². The number of carbonyl (C=O) groups excluding carboxylic acids is 1. The Bertz CT molecular complexity index is 827. The lowest BCUT2D eigenvalue weighted by atomic mass is 10.2. The van der Waals surface area contributed by atoms with E-state index in [0.29, 0.717) is 12.1 Å². The van der Waals surface area contributed by atoms with Gasteiger partial charge in [-0.2, -0.15) is 13.2 Å². The Morgan fingerprint density at radius 3 is 2.52 bits per heavy atom. The molecule has 0 radical (unpaired) electrons. The molecule has 27 heavy (non-hydrogen) atoms. The number of hydrogen-bond acceptors (Lipinski definition) is 2. The molecule has 0 saturated heterocycles. The third-order valence-corrected chi connectivity index (χ3v) is 4.07. The minimum absolute atomic E-state index is 0.0000157. The van der Waals surface area contributed by atoms with Crippen LogP contribution in [0.3, 0.4) is 0 Å². The van der Waals surface area contributed by atoms with Crippen molar-refractivity contribution in [3.8, 4) is 5.75 Å². The Morgan fingerprint density at radius 1 is 1.22 bits per heavy atom. The second-order valence-corrected chi connectivity index (χ2v) is 6.43. The van der Waals surface area contributed by atoms with Crippen LogP contribution in [0.25, 0.3) is 0 Å². The SMILES string of the molecule is COc1ccc(C[NH+](C)CC(=O)Nc2ccc(Cl)c(C(F)(F)F)c2)cc1F. The number of quaternary nitrogens is 1. The number of halogens is 5. The number of alkyl halides is 3. The van der Waals surface area contributed by atoms with Crippen LogP contribution in [0.5, 0.6) is 5.75 Å². The van der Waals surface area contributed by atoms with E-state index in [0.717, 1.165) is 17.0 Å². The quantitative estimate of drug-likeness (QED) is 0.725. The largest absolute Gasteiger partial charge is 0.494 e. The van der Waals surface area contributed by atoms with Crippen molar-refractivity contribution in [2.75, 3.05) is 26.0 Å². The highest BCUT2D eigenvalue weighted by atomic mass is 35.5. The molecule has 0 saturated carbocycles. The highest BCUT2D eigenvalue weighted by Crippen LogP contribution is 2.36. The average molecular weight is 406 g/mol. The molecule has 0 spiro atoms. The summed E-state index contributed by atoms with van der Waals surface area (Å²) in [6.45, 7) is 0.334. The third kappa shape index (κ3) is 5.83. The summed E-state index contributed by atoms with van der Waals surface area (Å²) in [6, 6.07) is 7.65. The van der Waals surface area contributed by atoms with Crippen molar-refractivity contribution in [2.45, 2.75) is 12.7 Å². The van der Waals surface area contributed by atoms with Crippen molar-refractivity contribution in [1.82, 2.24) is 0 Å². The maximum atomic E-state index is 13.7. The van der Waals surface area contributed by atoms with E-state index in [1.807, 2.05) is 0 Å². The molecule has 4 nitrogen and oxygen atoms in total. The number of rotatable bonds is 6. The van der Waals surface area contributed by atoms with Crippen molar-refractivity contribution in [1.29, 1.82) is 0 Å². The van der Waals surface area contributed by atoms with E-state index in [1.54, 1.807) is 13.1 Å². The van der Waals surface area contributed by atoms with E-state index in [-0.39, 0.29) is 18.0 Å². The fraction of sp³-hybridized carbons (Fsp3) is 0.278. The van der Waals surface area contributed by atoms with E-state index in [4.69, 9.17) is 16.3 Å². The highest BCUT2D eigenvalue weighted by molar-refractivity contribution is 6.31. The molecule has 0 heterocycles. The van der Waals surface area contributed by atoms with E-state index in [1.165, 1.54) is 25.3 Å². The number of ether oxygens (including phenoxy) is 1. The van der Waals surface area contributed by atoms with Crippen LogP contribution < -0.4 is 15.0 Å². The van der Waals surface area contributed by atoms with Gasteiger partial charge in [0.05, 0.1) is 24.7 Å². The first-order valence-electron chi connectivity index (χ1n) is 7.90. The Balaban J connectivity index is 1.98. The van der Waals surface area contributed by atoms with Gasteiger partial charge in [0.1, 0.15) is 6.54 Å². The molecule has 0 bridgehead atoms. The maximum Gasteiger partial charge on any atom is 0.417 e. The third-order valence-electron chi connectivity index (χ3n) is 3.74. The summed E-state index contributed by atoms with van der Waals surface area (Å²) in [4.78, 5) is 12.8. The van der Waals surface area contributed by atoms with Gasteiger partial charge in [0.15, 0.2) is 18.1 Å². The van der Waals surface area contributed by atoms with E-state index < -0.39 is 28.5 Å². The first-order chi connectivity index (χ1) is 12.6. The predicted octanol–water partition coefficient (Wildman–Crippen LogP) is 3.16. The van der Waals surface area contributed by atoms with Crippen LogP contribution in [0, 0.1) is 5.82 Å². The summed E-state index contributed by atoms with van der Waals surface area (Å²) >= 11 is 5.55. The van der Waals surface area contributed by atoms with Crippen LogP contribution >= 0.6 is 11.6 Å². The predicted molar refractivity (Wildman–Crippen MR) is 93.5 cm³/mol. The summed E-state index contributed by atoms with van der Waals surface area (Å²) in [5.41, 5.74) is -0.360. The Kier molecular flexibility index (Phi) is 6.67. The zero-order valence-electron chi connectivity index (χ0n) is 14.6. The molecule has 2 aromatic carbocycles. The molecule has 2 aromatic rings. The summed E-state index contributed by atoms with van der Waals surface area (Å²) in [5.74, 6) is -0.859. The van der Waals surface area contributed by atoms with Crippen molar-refractivity contribution in [3.63, 3.8) is 0 Å². The van der Waals surface area contributed by atoms with Gasteiger partial charge in [0.2, 0.25) is 0 Å². The van der Waals surface area contributed by atoms with Crippen LogP contribution in [-0.4, -0.2) is 26.6 Å². The molecule has 0 aliphatic carbocycles. The summed E-state index contributed by atoms with van der Waals surface area (Å²) in [5, 5.41) is 1.98. The Labute approximate surface area is 158 Å². The molecular formula is C18H18ClF4N2O2+. The average Bonchev–Trinajstić information content (AvgIpc) is 2.55. The zero-order valence-corrected chi connectivity index (χ0v) is 15.3.